The van der Waals surface area contributed by atoms with Gasteiger partial charge < -0.3 is 10.2 Å². The fourth-order valence-electron chi connectivity index (χ4n) is 2.22. The van der Waals surface area contributed by atoms with Crippen LogP contribution in [0.4, 0.5) is 0 Å². The van der Waals surface area contributed by atoms with Gasteiger partial charge in [0, 0.05) is 0 Å². The van der Waals surface area contributed by atoms with Crippen LogP contribution in [-0.4, -0.2) is 22.2 Å². The third kappa shape index (κ3) is 6.62. The number of hydrogen-bond donors (Lipinski definition) is 2. The largest absolute Gasteiger partial charge is 0.481 e. The van der Waals surface area contributed by atoms with E-state index in [0.717, 1.165) is 38.5 Å². The van der Waals surface area contributed by atoms with Gasteiger partial charge in [0.15, 0.2) is 0 Å². The molecule has 0 aliphatic heterocycles. The van der Waals surface area contributed by atoms with E-state index in [9.17, 15) is 19.8 Å². The normalized spacial score (nSPS) is 14.1. The van der Waals surface area contributed by atoms with Crippen molar-refractivity contribution in [2.75, 3.05) is 0 Å². The second-order valence-corrected chi connectivity index (χ2v) is 4.88. The maximum atomic E-state index is 11.2. The molecule has 2 atom stereocenters. The highest BCUT2D eigenvalue weighted by molar-refractivity contribution is 5.79. The van der Waals surface area contributed by atoms with Crippen molar-refractivity contribution in [3.05, 3.63) is 0 Å². The average Bonchev–Trinajstić information content (AvgIpc) is 2.31. The van der Waals surface area contributed by atoms with Crippen molar-refractivity contribution in [2.24, 2.45) is 11.8 Å². The van der Waals surface area contributed by atoms with Crippen LogP contribution in [0.1, 0.15) is 65.2 Å². The molecule has 0 bridgehead atoms. The highest BCUT2D eigenvalue weighted by atomic mass is 16.4. The van der Waals surface area contributed by atoms with Gasteiger partial charge in [0.25, 0.3) is 0 Å². The van der Waals surface area contributed by atoms with Crippen molar-refractivity contribution in [3.63, 3.8) is 0 Å². The molecule has 0 fully saturated rings. The Morgan fingerprint density at radius 3 is 1.33 bits per heavy atom. The molecule has 0 amide bonds. The predicted octanol–water partition coefficient (Wildman–Crippen LogP) is 3.55. The zero-order valence-electron chi connectivity index (χ0n) is 11.5. The highest BCUT2D eigenvalue weighted by Crippen LogP contribution is 2.25. The molecule has 0 aliphatic carbocycles. The molecule has 0 spiro atoms. The summed E-state index contributed by atoms with van der Waals surface area (Å²) in [6.07, 6.45) is 6.50. The van der Waals surface area contributed by atoms with E-state index < -0.39 is 23.8 Å². The Bertz CT molecular complexity index is 224. The van der Waals surface area contributed by atoms with E-state index in [-0.39, 0.29) is 0 Å². The number of carboxylic acids is 2. The Kier molecular flexibility index (Phi) is 9.33. The molecule has 0 aromatic heterocycles. The van der Waals surface area contributed by atoms with Gasteiger partial charge in [0.05, 0.1) is 11.8 Å². The molecular formula is C14H26O4. The van der Waals surface area contributed by atoms with Crippen LogP contribution in [-0.2, 0) is 9.59 Å². The number of carboxylic acid groups (broad SMARTS) is 2. The Balaban J connectivity index is 4.45. The average molecular weight is 258 g/mol. The number of rotatable bonds is 11. The molecule has 0 aliphatic rings. The first-order chi connectivity index (χ1) is 8.54. The minimum absolute atomic E-state index is 0.478. The lowest BCUT2D eigenvalue weighted by Gasteiger charge is -2.20. The van der Waals surface area contributed by atoms with Gasteiger partial charge in [-0.05, 0) is 12.8 Å². The highest BCUT2D eigenvalue weighted by Gasteiger charge is 2.32. The summed E-state index contributed by atoms with van der Waals surface area (Å²) in [5.74, 6) is -3.39. The molecule has 0 aromatic rings. The van der Waals surface area contributed by atoms with Crippen LogP contribution in [0.2, 0.25) is 0 Å². The first-order valence-corrected chi connectivity index (χ1v) is 7.00. The number of aliphatic carboxylic acids is 2. The molecule has 4 heteroatoms. The summed E-state index contributed by atoms with van der Waals surface area (Å²) in [7, 11) is 0. The lowest BCUT2D eigenvalue weighted by Crippen LogP contribution is -2.30. The minimum Gasteiger partial charge on any atom is -0.481 e. The Labute approximate surface area is 109 Å². The molecule has 2 unspecified atom stereocenters. The zero-order valence-corrected chi connectivity index (χ0v) is 11.5. The summed E-state index contributed by atoms with van der Waals surface area (Å²) in [5.41, 5.74) is 0. The van der Waals surface area contributed by atoms with Crippen molar-refractivity contribution in [2.45, 2.75) is 65.2 Å². The lowest BCUT2D eigenvalue weighted by atomic mass is 9.84. The summed E-state index contributed by atoms with van der Waals surface area (Å²) in [6, 6.07) is 0. The molecule has 0 saturated carbocycles. The number of carbonyl (C=O) groups is 2. The molecule has 18 heavy (non-hydrogen) atoms. The Hall–Kier alpha value is -1.06. The smallest absolute Gasteiger partial charge is 0.307 e. The van der Waals surface area contributed by atoms with Gasteiger partial charge in [-0.25, -0.2) is 0 Å². The van der Waals surface area contributed by atoms with Crippen LogP contribution in [0, 0.1) is 11.8 Å². The summed E-state index contributed by atoms with van der Waals surface area (Å²) < 4.78 is 0. The second kappa shape index (κ2) is 9.92. The fourth-order valence-corrected chi connectivity index (χ4v) is 2.22. The van der Waals surface area contributed by atoms with Crippen LogP contribution in [0.3, 0.4) is 0 Å². The summed E-state index contributed by atoms with van der Waals surface area (Å²) in [4.78, 5) is 22.4. The minimum atomic E-state index is -0.963. The van der Waals surface area contributed by atoms with Crippen LogP contribution < -0.4 is 0 Å². The number of unbranched alkanes of at least 4 members (excludes halogenated alkanes) is 4. The molecule has 0 saturated heterocycles. The van der Waals surface area contributed by atoms with Crippen LogP contribution >= 0.6 is 0 Å². The van der Waals surface area contributed by atoms with E-state index in [4.69, 9.17) is 0 Å². The van der Waals surface area contributed by atoms with E-state index in [1.165, 1.54) is 0 Å². The lowest BCUT2D eigenvalue weighted by molar-refractivity contribution is -0.154. The first kappa shape index (κ1) is 16.9. The molecule has 0 aromatic carbocycles. The molecule has 0 heterocycles. The maximum absolute atomic E-state index is 11.2. The Morgan fingerprint density at radius 2 is 1.11 bits per heavy atom. The van der Waals surface area contributed by atoms with Gasteiger partial charge in [-0.3, -0.25) is 9.59 Å². The Morgan fingerprint density at radius 1 is 0.778 bits per heavy atom. The molecule has 0 rings (SSSR count). The molecule has 0 radical (unpaired) electrons. The van der Waals surface area contributed by atoms with Gasteiger partial charge in [-0.15, -0.1) is 0 Å². The fraction of sp³-hybridized carbons (Fsp3) is 0.857. The van der Waals surface area contributed by atoms with E-state index in [1.54, 1.807) is 0 Å². The first-order valence-electron chi connectivity index (χ1n) is 7.00. The van der Waals surface area contributed by atoms with E-state index >= 15 is 0 Å². The van der Waals surface area contributed by atoms with E-state index in [1.807, 2.05) is 13.8 Å². The van der Waals surface area contributed by atoms with Gasteiger partial charge in [0.1, 0.15) is 0 Å². The van der Waals surface area contributed by atoms with Crippen molar-refractivity contribution >= 4 is 11.9 Å². The predicted molar refractivity (Wildman–Crippen MR) is 70.5 cm³/mol. The second-order valence-electron chi connectivity index (χ2n) is 4.88. The van der Waals surface area contributed by atoms with Crippen LogP contribution in [0.15, 0.2) is 0 Å². The van der Waals surface area contributed by atoms with Crippen molar-refractivity contribution < 1.29 is 19.8 Å². The molecule has 4 nitrogen and oxygen atoms in total. The summed E-state index contributed by atoms with van der Waals surface area (Å²) in [6.45, 7) is 4.09. The third-order valence-electron chi connectivity index (χ3n) is 3.36. The number of hydrogen-bond acceptors (Lipinski definition) is 2. The standard InChI is InChI=1S/C14H26O4/c1-3-5-7-9-11(13(15)16)12(14(17)18)10-8-6-4-2/h11-12H,3-10H2,1-2H3,(H,15,16)(H,17,18). The van der Waals surface area contributed by atoms with Crippen LogP contribution in [0.25, 0.3) is 0 Å². The summed E-state index contributed by atoms with van der Waals surface area (Å²) in [5, 5.41) is 18.4. The van der Waals surface area contributed by atoms with E-state index in [0.29, 0.717) is 12.8 Å². The molecular weight excluding hydrogens is 232 g/mol. The topological polar surface area (TPSA) is 74.6 Å². The maximum Gasteiger partial charge on any atom is 0.307 e. The SMILES string of the molecule is CCCCCC(C(=O)O)C(CCCCC)C(=O)O. The molecule has 106 valence electrons. The third-order valence-corrected chi connectivity index (χ3v) is 3.36. The molecule has 2 N–H and O–H groups in total. The monoisotopic (exact) mass is 258 g/mol. The van der Waals surface area contributed by atoms with Gasteiger partial charge in [-0.2, -0.15) is 0 Å². The van der Waals surface area contributed by atoms with Gasteiger partial charge in [0.2, 0.25) is 0 Å². The summed E-state index contributed by atoms with van der Waals surface area (Å²) >= 11 is 0. The zero-order chi connectivity index (χ0) is 14.0. The van der Waals surface area contributed by atoms with Crippen LogP contribution in [0.5, 0.6) is 0 Å². The van der Waals surface area contributed by atoms with Crippen molar-refractivity contribution in [3.8, 4) is 0 Å². The van der Waals surface area contributed by atoms with Crippen molar-refractivity contribution in [1.82, 2.24) is 0 Å². The van der Waals surface area contributed by atoms with Crippen molar-refractivity contribution in [1.29, 1.82) is 0 Å². The quantitative estimate of drug-likeness (QED) is 0.556. The van der Waals surface area contributed by atoms with Gasteiger partial charge in [-0.1, -0.05) is 52.4 Å². The van der Waals surface area contributed by atoms with Gasteiger partial charge >= 0.3 is 11.9 Å². The van der Waals surface area contributed by atoms with E-state index in [2.05, 4.69) is 0 Å².